The number of aromatic carboxylic acids is 1. The summed E-state index contributed by atoms with van der Waals surface area (Å²) in [5, 5.41) is 27.0. The monoisotopic (exact) mass is 375 g/mol. The van der Waals surface area contributed by atoms with Gasteiger partial charge in [-0.2, -0.15) is 11.8 Å². The number of carboxylic acids is 2. The number of amides is 1. The van der Waals surface area contributed by atoms with Gasteiger partial charge in [-0.05, 0) is 48.8 Å². The number of hydrogen-bond donors (Lipinski definition) is 4. The summed E-state index contributed by atoms with van der Waals surface area (Å²) in [4.78, 5) is 33.2. The summed E-state index contributed by atoms with van der Waals surface area (Å²) in [5.41, 5.74) is 2.06. The van der Waals surface area contributed by atoms with Crippen molar-refractivity contribution in [3.8, 4) is 0 Å². The second-order valence-corrected chi connectivity index (χ2v) is 6.59. The van der Waals surface area contributed by atoms with Crippen molar-refractivity contribution in [2.75, 3.05) is 11.5 Å². The lowest BCUT2D eigenvalue weighted by molar-refractivity contribution is -0.142. The molecule has 1 rings (SSSR count). The third-order valence-electron chi connectivity index (χ3n) is 3.31. The number of carbonyl (C=O) groups excluding carboxylic acids is 1. The molecule has 0 heterocycles. The van der Waals surface area contributed by atoms with Crippen LogP contribution in [0.4, 0.5) is 0 Å². The van der Waals surface area contributed by atoms with E-state index in [0.29, 0.717) is 29.2 Å². The Morgan fingerprint density at radius 1 is 1.25 bits per heavy atom. The van der Waals surface area contributed by atoms with Gasteiger partial charge >= 0.3 is 11.9 Å². The molecule has 0 radical (unpaired) electrons. The number of benzene rings is 1. The van der Waals surface area contributed by atoms with Crippen molar-refractivity contribution in [2.45, 2.75) is 19.3 Å². The Balaban J connectivity index is 2.60. The number of hydroxylamine groups is 1. The Hall–Kier alpha value is -1.77. The highest BCUT2D eigenvalue weighted by Gasteiger charge is 2.20. The standard InChI is InChI=1S/C15H18ClNO6S/c16-12-4-3-10(15(21)22)7-11(12)6-9(14(19)20)2-1-5-24-8-13(18)17-23/h3-4,7,9,23H,1-2,5-6,8H2,(H,17,18)(H,19,20)(H,21,22). The molecule has 0 saturated carbocycles. The van der Waals surface area contributed by atoms with Crippen LogP contribution in [-0.2, 0) is 16.0 Å². The third-order valence-corrected chi connectivity index (χ3v) is 4.72. The van der Waals surface area contributed by atoms with Gasteiger partial charge in [-0.15, -0.1) is 0 Å². The predicted molar refractivity (Wildman–Crippen MR) is 89.7 cm³/mol. The van der Waals surface area contributed by atoms with Gasteiger partial charge in [0.05, 0.1) is 17.2 Å². The van der Waals surface area contributed by atoms with E-state index >= 15 is 0 Å². The maximum absolute atomic E-state index is 11.4. The van der Waals surface area contributed by atoms with E-state index in [1.165, 1.54) is 35.4 Å². The van der Waals surface area contributed by atoms with Crippen LogP contribution in [0.2, 0.25) is 5.02 Å². The van der Waals surface area contributed by atoms with Crippen LogP contribution >= 0.6 is 23.4 Å². The topological polar surface area (TPSA) is 124 Å². The van der Waals surface area contributed by atoms with Gasteiger partial charge < -0.3 is 10.2 Å². The van der Waals surface area contributed by atoms with Crippen LogP contribution < -0.4 is 5.48 Å². The molecule has 4 N–H and O–H groups in total. The Kier molecular flexibility index (Phi) is 8.59. The first-order chi connectivity index (χ1) is 11.3. The van der Waals surface area contributed by atoms with E-state index in [-0.39, 0.29) is 17.7 Å². The summed E-state index contributed by atoms with van der Waals surface area (Å²) in [6.45, 7) is 0. The van der Waals surface area contributed by atoms with Crippen LogP contribution in [0.25, 0.3) is 0 Å². The van der Waals surface area contributed by atoms with Crippen LogP contribution in [0.5, 0.6) is 0 Å². The van der Waals surface area contributed by atoms with Gasteiger partial charge in [-0.25, -0.2) is 10.3 Å². The molecule has 0 aliphatic carbocycles. The molecule has 0 aliphatic rings. The summed E-state index contributed by atoms with van der Waals surface area (Å²) in [7, 11) is 0. The van der Waals surface area contributed by atoms with Crippen LogP contribution in [0.3, 0.4) is 0 Å². The Morgan fingerprint density at radius 3 is 2.54 bits per heavy atom. The molecule has 0 aliphatic heterocycles. The highest BCUT2D eigenvalue weighted by atomic mass is 35.5. The Morgan fingerprint density at radius 2 is 1.96 bits per heavy atom. The number of carboxylic acid groups (broad SMARTS) is 2. The van der Waals surface area contributed by atoms with E-state index in [2.05, 4.69) is 0 Å². The number of hydrogen-bond acceptors (Lipinski definition) is 5. The van der Waals surface area contributed by atoms with Gasteiger partial charge in [-0.3, -0.25) is 14.8 Å². The molecule has 24 heavy (non-hydrogen) atoms. The van der Waals surface area contributed by atoms with Gasteiger partial charge in [0.25, 0.3) is 5.91 Å². The van der Waals surface area contributed by atoms with Gasteiger partial charge in [0, 0.05) is 5.02 Å². The van der Waals surface area contributed by atoms with E-state index < -0.39 is 23.8 Å². The van der Waals surface area contributed by atoms with E-state index in [4.69, 9.17) is 21.9 Å². The second kappa shape index (κ2) is 10.2. The molecule has 7 nitrogen and oxygen atoms in total. The molecule has 1 aromatic rings. The summed E-state index contributed by atoms with van der Waals surface area (Å²) >= 11 is 7.31. The van der Waals surface area contributed by atoms with Crippen molar-refractivity contribution < 1.29 is 29.8 Å². The maximum Gasteiger partial charge on any atom is 0.335 e. The van der Waals surface area contributed by atoms with Gasteiger partial charge in [0.2, 0.25) is 0 Å². The average Bonchev–Trinajstić information content (AvgIpc) is 2.54. The zero-order valence-corrected chi connectivity index (χ0v) is 14.3. The fraction of sp³-hybridized carbons (Fsp3) is 0.400. The van der Waals surface area contributed by atoms with Gasteiger partial charge in [0.15, 0.2) is 0 Å². The van der Waals surface area contributed by atoms with Crippen LogP contribution in [0, 0.1) is 5.92 Å². The molecule has 1 aromatic carbocycles. The highest BCUT2D eigenvalue weighted by molar-refractivity contribution is 7.99. The molecule has 0 fully saturated rings. The van der Waals surface area contributed by atoms with E-state index in [1.54, 1.807) is 0 Å². The van der Waals surface area contributed by atoms with E-state index in [0.717, 1.165) is 0 Å². The molecule has 0 spiro atoms. The highest BCUT2D eigenvalue weighted by Crippen LogP contribution is 2.24. The molecule has 132 valence electrons. The summed E-state index contributed by atoms with van der Waals surface area (Å²) in [6, 6.07) is 4.20. The Bertz CT molecular complexity index is 610. The van der Waals surface area contributed by atoms with E-state index in [9.17, 15) is 19.5 Å². The zero-order chi connectivity index (χ0) is 18.1. The van der Waals surface area contributed by atoms with Crippen LogP contribution in [-0.4, -0.2) is 44.8 Å². The predicted octanol–water partition coefficient (Wildman–Crippen LogP) is 2.30. The first kappa shape index (κ1) is 20.3. The smallest absolute Gasteiger partial charge is 0.335 e. The molecular weight excluding hydrogens is 358 g/mol. The van der Waals surface area contributed by atoms with Gasteiger partial charge in [0.1, 0.15) is 0 Å². The number of halogens is 1. The first-order valence-electron chi connectivity index (χ1n) is 7.10. The number of aliphatic carboxylic acids is 1. The van der Waals surface area contributed by atoms with Crippen LogP contribution in [0.1, 0.15) is 28.8 Å². The minimum absolute atomic E-state index is 0.0594. The number of nitrogens with one attached hydrogen (secondary N) is 1. The molecule has 1 atom stereocenters. The fourth-order valence-corrected chi connectivity index (χ4v) is 3.03. The molecule has 1 unspecified atom stereocenters. The molecule has 9 heteroatoms. The second-order valence-electron chi connectivity index (χ2n) is 5.08. The number of carbonyl (C=O) groups is 3. The molecule has 1 amide bonds. The van der Waals surface area contributed by atoms with Crippen molar-refractivity contribution in [1.29, 1.82) is 0 Å². The summed E-state index contributed by atoms with van der Waals surface area (Å²) in [5.74, 6) is -2.62. The average molecular weight is 376 g/mol. The van der Waals surface area contributed by atoms with Crippen LogP contribution in [0.15, 0.2) is 18.2 Å². The molecular formula is C15H18ClNO6S. The normalized spacial score (nSPS) is 11.8. The first-order valence-corrected chi connectivity index (χ1v) is 8.63. The molecule has 0 aromatic heterocycles. The summed E-state index contributed by atoms with van der Waals surface area (Å²) in [6.07, 6.45) is 1.07. The minimum Gasteiger partial charge on any atom is -0.481 e. The lowest BCUT2D eigenvalue weighted by Gasteiger charge is -2.14. The van der Waals surface area contributed by atoms with Gasteiger partial charge in [-0.1, -0.05) is 11.6 Å². The maximum atomic E-state index is 11.4. The third kappa shape index (κ3) is 6.77. The van der Waals surface area contributed by atoms with E-state index in [1.807, 2.05) is 0 Å². The van der Waals surface area contributed by atoms with Crippen molar-refractivity contribution in [3.63, 3.8) is 0 Å². The number of thioether (sulfide) groups is 1. The Labute approximate surface area is 148 Å². The number of rotatable bonds is 10. The largest absolute Gasteiger partial charge is 0.481 e. The lowest BCUT2D eigenvalue weighted by Crippen LogP contribution is -2.21. The lowest BCUT2D eigenvalue weighted by atomic mass is 9.94. The minimum atomic E-state index is -1.10. The molecule has 0 saturated heterocycles. The quantitative estimate of drug-likeness (QED) is 0.281. The van der Waals surface area contributed by atoms with Crippen molar-refractivity contribution in [3.05, 3.63) is 34.3 Å². The molecule has 0 bridgehead atoms. The van der Waals surface area contributed by atoms with Crippen molar-refractivity contribution in [1.82, 2.24) is 5.48 Å². The van der Waals surface area contributed by atoms with Crippen molar-refractivity contribution >= 4 is 41.2 Å². The fourth-order valence-electron chi connectivity index (χ4n) is 2.07. The zero-order valence-electron chi connectivity index (χ0n) is 12.7. The summed E-state index contributed by atoms with van der Waals surface area (Å²) < 4.78 is 0. The van der Waals surface area contributed by atoms with Crippen molar-refractivity contribution in [2.24, 2.45) is 5.92 Å². The SMILES string of the molecule is O=C(CSCCCC(Cc1cc(C(=O)O)ccc1Cl)C(=O)O)NO.